The van der Waals surface area contributed by atoms with Crippen molar-refractivity contribution in [3.8, 4) is 0 Å². The monoisotopic (exact) mass is 293 g/mol. The first-order valence-corrected chi connectivity index (χ1v) is 7.67. The second-order valence-electron chi connectivity index (χ2n) is 6.11. The fourth-order valence-corrected chi connectivity index (χ4v) is 3.22. The van der Waals surface area contributed by atoms with E-state index >= 15 is 0 Å². The Morgan fingerprint density at radius 2 is 2.10 bits per heavy atom. The molecule has 2 aliphatic rings. The molecule has 0 radical (unpaired) electrons. The summed E-state index contributed by atoms with van der Waals surface area (Å²) >= 11 is 0. The Labute approximate surface area is 124 Å². The lowest BCUT2D eigenvalue weighted by Crippen LogP contribution is -2.49. The van der Waals surface area contributed by atoms with Crippen LogP contribution in [0.5, 0.6) is 0 Å². The highest BCUT2D eigenvalue weighted by Crippen LogP contribution is 2.26. The smallest absolute Gasteiger partial charge is 0.240 e. The summed E-state index contributed by atoms with van der Waals surface area (Å²) in [7, 11) is 0. The van der Waals surface area contributed by atoms with Gasteiger partial charge in [0.05, 0.1) is 6.54 Å². The topological polar surface area (TPSA) is 88.5 Å². The van der Waals surface area contributed by atoms with E-state index in [-0.39, 0.29) is 17.9 Å². The number of hydrogen-bond acceptors (Lipinski definition) is 6. The molecule has 2 atom stereocenters. The normalized spacial score (nSPS) is 27.2. The number of piperazine rings is 1. The van der Waals surface area contributed by atoms with E-state index in [9.17, 15) is 4.79 Å². The average molecular weight is 293 g/mol. The molecule has 2 N–H and O–H groups in total. The summed E-state index contributed by atoms with van der Waals surface area (Å²) in [6.07, 6.45) is 2.77. The minimum absolute atomic E-state index is 0.144. The summed E-state index contributed by atoms with van der Waals surface area (Å²) in [5.41, 5.74) is 5.90. The van der Waals surface area contributed by atoms with Crippen molar-refractivity contribution in [1.82, 2.24) is 19.9 Å². The molecular formula is C14H23N5O2. The van der Waals surface area contributed by atoms with Gasteiger partial charge in [-0.1, -0.05) is 5.16 Å². The zero-order valence-corrected chi connectivity index (χ0v) is 12.5. The van der Waals surface area contributed by atoms with Crippen molar-refractivity contribution in [1.29, 1.82) is 0 Å². The van der Waals surface area contributed by atoms with Crippen LogP contribution in [0.3, 0.4) is 0 Å². The zero-order chi connectivity index (χ0) is 14.8. The SMILES string of the molecule is Cc1noc(CN2CCN(C(=O)[C@H]3CC[C@H](N)C3)CC2)n1. The van der Waals surface area contributed by atoms with Gasteiger partial charge in [-0.15, -0.1) is 0 Å². The van der Waals surface area contributed by atoms with Crippen molar-refractivity contribution in [3.63, 3.8) is 0 Å². The van der Waals surface area contributed by atoms with E-state index in [1.807, 2.05) is 11.8 Å². The molecule has 0 bridgehead atoms. The number of hydrogen-bond donors (Lipinski definition) is 1. The molecule has 21 heavy (non-hydrogen) atoms. The number of nitrogens with two attached hydrogens (primary N) is 1. The highest BCUT2D eigenvalue weighted by atomic mass is 16.5. The molecule has 7 nitrogen and oxygen atoms in total. The van der Waals surface area contributed by atoms with Crippen LogP contribution in [-0.2, 0) is 11.3 Å². The quantitative estimate of drug-likeness (QED) is 0.853. The molecule has 0 aromatic carbocycles. The number of nitrogens with zero attached hydrogens (tertiary/aromatic N) is 4. The third-order valence-electron chi connectivity index (χ3n) is 4.43. The van der Waals surface area contributed by atoms with Crippen LogP contribution in [0.25, 0.3) is 0 Å². The first-order chi connectivity index (χ1) is 10.1. The van der Waals surface area contributed by atoms with Gasteiger partial charge in [0, 0.05) is 38.1 Å². The van der Waals surface area contributed by atoms with Crippen LogP contribution in [0, 0.1) is 12.8 Å². The van der Waals surface area contributed by atoms with Crippen molar-refractivity contribution in [3.05, 3.63) is 11.7 Å². The number of carbonyl (C=O) groups excluding carboxylic acids is 1. The number of aryl methyl sites for hydroxylation is 1. The number of aromatic nitrogens is 2. The molecule has 2 heterocycles. The lowest BCUT2D eigenvalue weighted by molar-refractivity contribution is -0.137. The number of carbonyl (C=O) groups is 1. The predicted octanol–water partition coefficient (Wildman–Crippen LogP) is 0.150. The van der Waals surface area contributed by atoms with Gasteiger partial charge >= 0.3 is 0 Å². The van der Waals surface area contributed by atoms with Crippen molar-refractivity contribution >= 4 is 5.91 Å². The third-order valence-corrected chi connectivity index (χ3v) is 4.43. The van der Waals surface area contributed by atoms with Gasteiger partial charge in [-0.3, -0.25) is 9.69 Å². The van der Waals surface area contributed by atoms with Crippen molar-refractivity contribution in [2.24, 2.45) is 11.7 Å². The largest absolute Gasteiger partial charge is 0.340 e. The van der Waals surface area contributed by atoms with Gasteiger partial charge in [-0.25, -0.2) is 0 Å². The maximum absolute atomic E-state index is 12.4. The highest BCUT2D eigenvalue weighted by molar-refractivity contribution is 5.79. The van der Waals surface area contributed by atoms with Crippen LogP contribution >= 0.6 is 0 Å². The number of amides is 1. The summed E-state index contributed by atoms with van der Waals surface area (Å²) in [6, 6.07) is 0.209. The van der Waals surface area contributed by atoms with E-state index in [0.717, 1.165) is 45.4 Å². The Balaban J connectivity index is 1.47. The molecule has 3 rings (SSSR count). The lowest BCUT2D eigenvalue weighted by atomic mass is 10.1. The summed E-state index contributed by atoms with van der Waals surface area (Å²) in [5.74, 6) is 1.74. The van der Waals surface area contributed by atoms with Gasteiger partial charge in [0.15, 0.2) is 5.82 Å². The van der Waals surface area contributed by atoms with Gasteiger partial charge in [0.25, 0.3) is 0 Å². The molecule has 1 saturated heterocycles. The van der Waals surface area contributed by atoms with Gasteiger partial charge in [0.1, 0.15) is 0 Å². The van der Waals surface area contributed by atoms with E-state index < -0.39 is 0 Å². The zero-order valence-electron chi connectivity index (χ0n) is 12.5. The minimum Gasteiger partial charge on any atom is -0.340 e. The van der Waals surface area contributed by atoms with Crippen LogP contribution < -0.4 is 5.73 Å². The molecule has 1 aromatic rings. The summed E-state index contributed by atoms with van der Waals surface area (Å²) in [6.45, 7) is 5.74. The predicted molar refractivity (Wildman–Crippen MR) is 76.2 cm³/mol. The Kier molecular flexibility index (Phi) is 4.21. The van der Waals surface area contributed by atoms with Gasteiger partial charge < -0.3 is 15.2 Å². The molecule has 1 amide bonds. The fourth-order valence-electron chi connectivity index (χ4n) is 3.22. The van der Waals surface area contributed by atoms with Crippen LogP contribution in [0.4, 0.5) is 0 Å². The maximum atomic E-state index is 12.4. The molecule has 0 unspecified atom stereocenters. The lowest BCUT2D eigenvalue weighted by Gasteiger charge is -2.35. The molecule has 0 spiro atoms. The molecule has 1 aliphatic carbocycles. The van der Waals surface area contributed by atoms with Crippen LogP contribution in [0.2, 0.25) is 0 Å². The first-order valence-electron chi connectivity index (χ1n) is 7.67. The van der Waals surface area contributed by atoms with E-state index in [0.29, 0.717) is 18.3 Å². The summed E-state index contributed by atoms with van der Waals surface area (Å²) in [5, 5.41) is 3.80. The molecular weight excluding hydrogens is 270 g/mol. The molecule has 1 saturated carbocycles. The molecule has 7 heteroatoms. The first kappa shape index (κ1) is 14.5. The van der Waals surface area contributed by atoms with E-state index in [1.54, 1.807) is 0 Å². The standard InChI is InChI=1S/C14H23N5O2/c1-10-16-13(21-17-10)9-18-4-6-19(7-5-18)14(20)11-2-3-12(15)8-11/h11-12H,2-9,15H2,1H3/t11-,12-/m0/s1. The third kappa shape index (κ3) is 3.41. The van der Waals surface area contributed by atoms with Gasteiger partial charge in [-0.05, 0) is 26.2 Å². The summed E-state index contributed by atoms with van der Waals surface area (Å²) in [4.78, 5) is 20.9. The molecule has 1 aromatic heterocycles. The van der Waals surface area contributed by atoms with Crippen LogP contribution in [0.15, 0.2) is 4.52 Å². The Morgan fingerprint density at radius 3 is 2.67 bits per heavy atom. The van der Waals surface area contributed by atoms with Crippen LogP contribution in [-0.4, -0.2) is 58.1 Å². The average Bonchev–Trinajstić information content (AvgIpc) is 3.08. The highest BCUT2D eigenvalue weighted by Gasteiger charge is 2.32. The van der Waals surface area contributed by atoms with E-state index in [2.05, 4.69) is 15.0 Å². The van der Waals surface area contributed by atoms with E-state index in [1.165, 1.54) is 0 Å². The second-order valence-corrected chi connectivity index (χ2v) is 6.11. The van der Waals surface area contributed by atoms with Crippen molar-refractivity contribution < 1.29 is 9.32 Å². The minimum atomic E-state index is 0.144. The van der Waals surface area contributed by atoms with Gasteiger partial charge in [0.2, 0.25) is 11.8 Å². The Bertz CT molecular complexity index is 495. The Hall–Kier alpha value is -1.47. The van der Waals surface area contributed by atoms with Crippen molar-refractivity contribution in [2.75, 3.05) is 26.2 Å². The fraction of sp³-hybridized carbons (Fsp3) is 0.786. The Morgan fingerprint density at radius 1 is 1.33 bits per heavy atom. The molecule has 1 aliphatic heterocycles. The second kappa shape index (κ2) is 6.11. The maximum Gasteiger partial charge on any atom is 0.240 e. The summed E-state index contributed by atoms with van der Waals surface area (Å²) < 4.78 is 5.14. The van der Waals surface area contributed by atoms with Crippen molar-refractivity contribution in [2.45, 2.75) is 38.8 Å². The van der Waals surface area contributed by atoms with E-state index in [4.69, 9.17) is 10.3 Å². The van der Waals surface area contributed by atoms with Gasteiger partial charge in [-0.2, -0.15) is 4.98 Å². The van der Waals surface area contributed by atoms with Crippen LogP contribution in [0.1, 0.15) is 31.0 Å². The molecule has 2 fully saturated rings. The molecule has 116 valence electrons. The number of rotatable bonds is 3.